The molecule has 3 aromatic rings. The molecule has 2 aromatic carbocycles. The van der Waals surface area contributed by atoms with Crippen molar-refractivity contribution in [2.45, 2.75) is 26.3 Å². The van der Waals surface area contributed by atoms with Crippen LogP contribution in [0.25, 0.3) is 11.5 Å². The first-order valence-electron chi connectivity index (χ1n) is 8.79. The number of likely N-dealkylation sites (N-methyl/N-ethyl adjacent to an activating group) is 1. The van der Waals surface area contributed by atoms with Crippen LogP contribution in [0.1, 0.15) is 18.3 Å². The number of nitrogens with one attached hydrogen (secondary N) is 3. The maximum atomic E-state index is 12.3. The number of carbonyl (C=O) groups is 1. The van der Waals surface area contributed by atoms with E-state index in [1.165, 1.54) is 0 Å². The molecule has 0 saturated heterocycles. The fourth-order valence-electron chi connectivity index (χ4n) is 2.53. The van der Waals surface area contributed by atoms with E-state index in [1.807, 2.05) is 62.5 Å². The van der Waals surface area contributed by atoms with Crippen LogP contribution in [0.3, 0.4) is 0 Å². The van der Waals surface area contributed by atoms with Crippen LogP contribution in [-0.2, 0) is 6.42 Å². The number of urea groups is 1. The third-order valence-corrected chi connectivity index (χ3v) is 4.21. The molecule has 148 valence electrons. The Kier molecular flexibility index (Phi) is 7.54. The molecule has 0 aliphatic rings. The zero-order chi connectivity index (χ0) is 19.2. The van der Waals surface area contributed by atoms with Gasteiger partial charge in [-0.05, 0) is 50.7 Å². The highest BCUT2D eigenvalue weighted by Crippen LogP contribution is 2.24. The molecular formula is C20H24ClN5O2. The molecule has 1 heterocycles. The zero-order valence-electron chi connectivity index (χ0n) is 16.0. The summed E-state index contributed by atoms with van der Waals surface area (Å²) in [6.07, 6.45) is 0.677. The number of amides is 2. The van der Waals surface area contributed by atoms with Gasteiger partial charge in [-0.1, -0.05) is 29.4 Å². The van der Waals surface area contributed by atoms with E-state index in [2.05, 4.69) is 33.0 Å². The molecule has 1 atom stereocenters. The summed E-state index contributed by atoms with van der Waals surface area (Å²) in [6.45, 7) is 3.98. The van der Waals surface area contributed by atoms with Crippen LogP contribution in [0.2, 0.25) is 0 Å². The number of hydrogen-bond donors (Lipinski definition) is 3. The summed E-state index contributed by atoms with van der Waals surface area (Å²) >= 11 is 0. The summed E-state index contributed by atoms with van der Waals surface area (Å²) < 4.78 is 5.37. The number of hydrogen-bond acceptors (Lipinski definition) is 5. The molecule has 0 aliphatic carbocycles. The second kappa shape index (κ2) is 9.87. The number of benzene rings is 2. The lowest BCUT2D eigenvalue weighted by Crippen LogP contribution is -2.24. The Morgan fingerprint density at radius 3 is 2.61 bits per heavy atom. The summed E-state index contributed by atoms with van der Waals surface area (Å²) in [6, 6.07) is 14.9. The van der Waals surface area contributed by atoms with Crippen molar-refractivity contribution >= 4 is 29.8 Å². The second-order valence-electron chi connectivity index (χ2n) is 6.38. The van der Waals surface area contributed by atoms with Gasteiger partial charge in [0, 0.05) is 29.4 Å². The molecule has 0 aliphatic heterocycles. The van der Waals surface area contributed by atoms with Crippen molar-refractivity contribution < 1.29 is 9.32 Å². The predicted molar refractivity (Wildman–Crippen MR) is 113 cm³/mol. The number of para-hydroxylation sites is 1. The van der Waals surface area contributed by atoms with Crippen molar-refractivity contribution in [3.8, 4) is 11.5 Å². The van der Waals surface area contributed by atoms with Crippen LogP contribution >= 0.6 is 12.4 Å². The predicted octanol–water partition coefficient (Wildman–Crippen LogP) is 4.26. The molecule has 0 radical (unpaired) electrons. The number of halogens is 1. The molecule has 1 unspecified atom stereocenters. The van der Waals surface area contributed by atoms with Gasteiger partial charge in [0.2, 0.25) is 0 Å². The molecule has 8 heteroatoms. The van der Waals surface area contributed by atoms with Gasteiger partial charge in [0.15, 0.2) is 5.82 Å². The maximum absolute atomic E-state index is 12.3. The minimum Gasteiger partial charge on any atom is -0.334 e. The number of carbonyl (C=O) groups excluding carboxylic acids is 1. The summed E-state index contributed by atoms with van der Waals surface area (Å²) in [4.78, 5) is 16.7. The molecule has 0 spiro atoms. The van der Waals surface area contributed by atoms with E-state index < -0.39 is 0 Å². The lowest BCUT2D eigenvalue weighted by atomic mass is 10.1. The summed E-state index contributed by atoms with van der Waals surface area (Å²) in [5.74, 6) is 1.07. The number of anilines is 2. The quantitative estimate of drug-likeness (QED) is 0.573. The van der Waals surface area contributed by atoms with Crippen LogP contribution in [0.5, 0.6) is 0 Å². The number of nitrogens with zero attached hydrogens (tertiary/aromatic N) is 2. The molecular weight excluding hydrogens is 378 g/mol. The third-order valence-electron chi connectivity index (χ3n) is 4.21. The van der Waals surface area contributed by atoms with Crippen molar-refractivity contribution in [2.75, 3.05) is 17.7 Å². The first kappa shape index (κ1) is 21.4. The van der Waals surface area contributed by atoms with E-state index in [9.17, 15) is 4.79 Å². The fraction of sp³-hybridized carbons (Fsp3) is 0.250. The van der Waals surface area contributed by atoms with Gasteiger partial charge in [0.25, 0.3) is 5.89 Å². The average molecular weight is 402 g/mol. The Hall–Kier alpha value is -2.90. The van der Waals surface area contributed by atoms with E-state index in [0.29, 0.717) is 23.8 Å². The van der Waals surface area contributed by atoms with Crippen LogP contribution in [0.4, 0.5) is 16.2 Å². The number of rotatable bonds is 6. The normalized spacial score (nSPS) is 11.4. The maximum Gasteiger partial charge on any atom is 0.323 e. The highest BCUT2D eigenvalue weighted by molar-refractivity contribution is 6.00. The van der Waals surface area contributed by atoms with Gasteiger partial charge in [0.05, 0.1) is 0 Å². The van der Waals surface area contributed by atoms with Gasteiger partial charge in [-0.2, -0.15) is 4.98 Å². The lowest BCUT2D eigenvalue weighted by Gasteiger charge is -2.10. The smallest absolute Gasteiger partial charge is 0.323 e. The number of aromatic nitrogens is 2. The van der Waals surface area contributed by atoms with Gasteiger partial charge >= 0.3 is 6.03 Å². The molecule has 28 heavy (non-hydrogen) atoms. The van der Waals surface area contributed by atoms with Crippen LogP contribution in [0.15, 0.2) is 53.1 Å². The Labute approximate surface area is 170 Å². The van der Waals surface area contributed by atoms with Gasteiger partial charge in [-0.15, -0.1) is 12.4 Å². The van der Waals surface area contributed by atoms with E-state index in [-0.39, 0.29) is 24.5 Å². The highest BCUT2D eigenvalue weighted by atomic mass is 35.5. The summed E-state index contributed by atoms with van der Waals surface area (Å²) in [5, 5.41) is 12.8. The van der Waals surface area contributed by atoms with Gasteiger partial charge in [0.1, 0.15) is 0 Å². The number of aryl methyl sites for hydroxylation is 1. The van der Waals surface area contributed by atoms with Crippen LogP contribution in [-0.4, -0.2) is 29.3 Å². The molecule has 0 saturated carbocycles. The second-order valence-corrected chi connectivity index (χ2v) is 6.38. The van der Waals surface area contributed by atoms with E-state index in [0.717, 1.165) is 16.8 Å². The molecule has 2 amide bonds. The highest BCUT2D eigenvalue weighted by Gasteiger charge is 2.13. The summed E-state index contributed by atoms with van der Waals surface area (Å²) in [7, 11) is 1.89. The van der Waals surface area contributed by atoms with Crippen molar-refractivity contribution in [1.29, 1.82) is 0 Å². The average Bonchev–Trinajstić information content (AvgIpc) is 3.12. The minimum absolute atomic E-state index is 0. The standard InChI is InChI=1S/C20H23N5O2.ClH/c1-13-9-10-15(19-24-18(25-27-19)11-14(2)21-3)12-17(13)23-20(26)22-16-7-5-4-6-8-16;/h4-10,12,14,21H,11H2,1-3H3,(H2,22,23,26);1H. The molecule has 3 N–H and O–H groups in total. The first-order valence-corrected chi connectivity index (χ1v) is 8.79. The lowest BCUT2D eigenvalue weighted by molar-refractivity contribution is 0.262. The molecule has 1 aromatic heterocycles. The monoisotopic (exact) mass is 401 g/mol. The SMILES string of the molecule is CNC(C)Cc1noc(-c2ccc(C)c(NC(=O)Nc3ccccc3)c2)n1.Cl. The van der Waals surface area contributed by atoms with Crippen molar-refractivity contribution in [2.24, 2.45) is 0 Å². The minimum atomic E-state index is -0.310. The van der Waals surface area contributed by atoms with E-state index in [4.69, 9.17) is 4.52 Å². The Bertz CT molecular complexity index is 914. The fourth-order valence-corrected chi connectivity index (χ4v) is 2.53. The molecule has 0 bridgehead atoms. The zero-order valence-corrected chi connectivity index (χ0v) is 16.8. The van der Waals surface area contributed by atoms with Crippen molar-refractivity contribution in [3.05, 3.63) is 59.9 Å². The van der Waals surface area contributed by atoms with Crippen LogP contribution < -0.4 is 16.0 Å². The first-order chi connectivity index (χ1) is 13.0. The van der Waals surface area contributed by atoms with E-state index in [1.54, 1.807) is 0 Å². The Morgan fingerprint density at radius 1 is 1.14 bits per heavy atom. The molecule has 3 rings (SSSR count). The van der Waals surface area contributed by atoms with Crippen molar-refractivity contribution in [1.82, 2.24) is 15.5 Å². The largest absolute Gasteiger partial charge is 0.334 e. The Balaban J connectivity index is 0.00000280. The topological polar surface area (TPSA) is 92.1 Å². The Morgan fingerprint density at radius 2 is 1.89 bits per heavy atom. The van der Waals surface area contributed by atoms with E-state index >= 15 is 0 Å². The van der Waals surface area contributed by atoms with Gasteiger partial charge < -0.3 is 20.5 Å². The molecule has 7 nitrogen and oxygen atoms in total. The summed E-state index contributed by atoms with van der Waals surface area (Å²) in [5.41, 5.74) is 3.10. The molecule has 0 fully saturated rings. The van der Waals surface area contributed by atoms with Crippen LogP contribution in [0, 0.1) is 6.92 Å². The van der Waals surface area contributed by atoms with Gasteiger partial charge in [-0.25, -0.2) is 4.79 Å². The third kappa shape index (κ3) is 5.55. The van der Waals surface area contributed by atoms with Crippen molar-refractivity contribution in [3.63, 3.8) is 0 Å². The van der Waals surface area contributed by atoms with Gasteiger partial charge in [-0.3, -0.25) is 0 Å².